The van der Waals surface area contributed by atoms with Crippen LogP contribution in [0.5, 0.6) is 0 Å². The predicted octanol–water partition coefficient (Wildman–Crippen LogP) is 1.96. The monoisotopic (exact) mass is 277 g/mol. The number of aryl methyl sites for hydroxylation is 3. The lowest BCUT2D eigenvalue weighted by atomic mass is 10.4. The van der Waals surface area contributed by atoms with Gasteiger partial charge in [0.25, 0.3) is 0 Å². The van der Waals surface area contributed by atoms with Crippen LogP contribution in [-0.4, -0.2) is 32.5 Å². The summed E-state index contributed by atoms with van der Waals surface area (Å²) in [6, 6.07) is 2.00. The smallest absolute Gasteiger partial charge is 0.203 e. The van der Waals surface area contributed by atoms with Gasteiger partial charge in [-0.15, -0.1) is 0 Å². The zero-order chi connectivity index (χ0) is 14.4. The first-order valence-corrected chi connectivity index (χ1v) is 7.03. The Kier molecular flexibility index (Phi) is 5.17. The standard InChI is InChI=1S/C14H23N5O/c1-4-20-9-5-8-19-11-12(2)17-14(19)15-10-13-6-7-16-18(13)3/h6-7,11H,4-5,8-10H2,1-3H3,(H,15,17). The van der Waals surface area contributed by atoms with Crippen molar-refractivity contribution in [3.05, 3.63) is 29.8 Å². The van der Waals surface area contributed by atoms with Gasteiger partial charge in [0.15, 0.2) is 0 Å². The van der Waals surface area contributed by atoms with E-state index in [1.807, 2.05) is 31.6 Å². The molecule has 0 saturated heterocycles. The van der Waals surface area contributed by atoms with E-state index in [0.717, 1.165) is 50.1 Å². The summed E-state index contributed by atoms with van der Waals surface area (Å²) in [6.07, 6.45) is 4.86. The van der Waals surface area contributed by atoms with Gasteiger partial charge in [-0.2, -0.15) is 5.10 Å². The van der Waals surface area contributed by atoms with Crippen LogP contribution in [0.25, 0.3) is 0 Å². The first-order chi connectivity index (χ1) is 9.70. The van der Waals surface area contributed by atoms with E-state index in [9.17, 15) is 0 Å². The Morgan fingerprint density at radius 3 is 2.95 bits per heavy atom. The Balaban J connectivity index is 1.91. The number of nitrogens with one attached hydrogen (secondary N) is 1. The van der Waals surface area contributed by atoms with Crippen molar-refractivity contribution in [2.75, 3.05) is 18.5 Å². The van der Waals surface area contributed by atoms with Crippen LogP contribution in [0, 0.1) is 6.92 Å². The number of anilines is 1. The molecule has 20 heavy (non-hydrogen) atoms. The lowest BCUT2D eigenvalue weighted by molar-refractivity contribution is 0.142. The van der Waals surface area contributed by atoms with Crippen molar-refractivity contribution < 1.29 is 4.74 Å². The van der Waals surface area contributed by atoms with Gasteiger partial charge in [-0.1, -0.05) is 0 Å². The molecule has 2 aromatic rings. The second-order valence-corrected chi connectivity index (χ2v) is 4.75. The van der Waals surface area contributed by atoms with E-state index in [1.165, 1.54) is 0 Å². The third-order valence-corrected chi connectivity index (χ3v) is 3.14. The molecule has 110 valence electrons. The maximum Gasteiger partial charge on any atom is 0.203 e. The molecule has 0 aliphatic heterocycles. The summed E-state index contributed by atoms with van der Waals surface area (Å²) >= 11 is 0. The van der Waals surface area contributed by atoms with E-state index in [2.05, 4.69) is 26.2 Å². The van der Waals surface area contributed by atoms with Crippen LogP contribution in [0.4, 0.5) is 5.95 Å². The highest BCUT2D eigenvalue weighted by Crippen LogP contribution is 2.11. The van der Waals surface area contributed by atoms with Crippen molar-refractivity contribution >= 4 is 5.95 Å². The first kappa shape index (κ1) is 14.6. The Morgan fingerprint density at radius 2 is 2.25 bits per heavy atom. The quantitative estimate of drug-likeness (QED) is 0.749. The summed E-state index contributed by atoms with van der Waals surface area (Å²) in [6.45, 7) is 7.22. The fourth-order valence-electron chi connectivity index (χ4n) is 2.08. The highest BCUT2D eigenvalue weighted by Gasteiger charge is 2.06. The van der Waals surface area contributed by atoms with E-state index in [1.54, 1.807) is 6.20 Å². The van der Waals surface area contributed by atoms with E-state index >= 15 is 0 Å². The van der Waals surface area contributed by atoms with Crippen LogP contribution in [0.1, 0.15) is 24.7 Å². The molecule has 0 aliphatic rings. The number of hydrogen-bond acceptors (Lipinski definition) is 4. The molecular weight excluding hydrogens is 254 g/mol. The molecule has 2 rings (SSSR count). The molecule has 0 amide bonds. The zero-order valence-electron chi connectivity index (χ0n) is 12.5. The number of nitrogens with zero attached hydrogens (tertiary/aromatic N) is 4. The Morgan fingerprint density at radius 1 is 1.40 bits per heavy atom. The first-order valence-electron chi connectivity index (χ1n) is 7.03. The van der Waals surface area contributed by atoms with Gasteiger partial charge in [-0.25, -0.2) is 4.98 Å². The molecule has 0 aromatic carbocycles. The van der Waals surface area contributed by atoms with Crippen molar-refractivity contribution in [1.82, 2.24) is 19.3 Å². The van der Waals surface area contributed by atoms with Crippen LogP contribution in [0.3, 0.4) is 0 Å². The van der Waals surface area contributed by atoms with Gasteiger partial charge in [0.2, 0.25) is 5.95 Å². The molecule has 2 aromatic heterocycles. The van der Waals surface area contributed by atoms with E-state index in [0.29, 0.717) is 0 Å². The molecule has 0 radical (unpaired) electrons. The summed E-state index contributed by atoms with van der Waals surface area (Å²) in [5.74, 6) is 0.903. The van der Waals surface area contributed by atoms with Gasteiger partial charge in [0, 0.05) is 39.2 Å². The molecule has 0 bridgehead atoms. The summed E-state index contributed by atoms with van der Waals surface area (Å²) in [5.41, 5.74) is 2.15. The molecule has 0 aliphatic carbocycles. The summed E-state index contributed by atoms with van der Waals surface area (Å²) < 4.78 is 9.38. The Hall–Kier alpha value is -1.82. The van der Waals surface area contributed by atoms with Gasteiger partial charge in [-0.05, 0) is 26.3 Å². The number of rotatable bonds is 8. The van der Waals surface area contributed by atoms with Gasteiger partial charge < -0.3 is 14.6 Å². The largest absolute Gasteiger partial charge is 0.382 e. The Bertz CT molecular complexity index is 531. The van der Waals surface area contributed by atoms with E-state index < -0.39 is 0 Å². The minimum atomic E-state index is 0.721. The molecule has 0 unspecified atom stereocenters. The SMILES string of the molecule is CCOCCCn1cc(C)nc1NCc1ccnn1C. The minimum Gasteiger partial charge on any atom is -0.382 e. The average molecular weight is 277 g/mol. The lowest BCUT2D eigenvalue weighted by Crippen LogP contribution is -2.11. The summed E-state index contributed by atoms with van der Waals surface area (Å²) in [5, 5.41) is 7.53. The minimum absolute atomic E-state index is 0.721. The van der Waals surface area contributed by atoms with Crippen LogP contribution in [0.2, 0.25) is 0 Å². The summed E-state index contributed by atoms with van der Waals surface area (Å²) in [7, 11) is 1.94. The van der Waals surface area contributed by atoms with E-state index in [-0.39, 0.29) is 0 Å². The number of hydrogen-bond donors (Lipinski definition) is 1. The van der Waals surface area contributed by atoms with Crippen LogP contribution < -0.4 is 5.32 Å². The van der Waals surface area contributed by atoms with Crippen LogP contribution in [0.15, 0.2) is 18.5 Å². The predicted molar refractivity (Wildman–Crippen MR) is 78.6 cm³/mol. The fraction of sp³-hybridized carbons (Fsp3) is 0.571. The average Bonchev–Trinajstić information content (AvgIpc) is 2.98. The Labute approximate surface area is 119 Å². The zero-order valence-corrected chi connectivity index (χ0v) is 12.5. The molecule has 0 atom stereocenters. The van der Waals surface area contributed by atoms with Crippen molar-refractivity contribution in [2.45, 2.75) is 33.4 Å². The maximum atomic E-state index is 5.37. The molecular formula is C14H23N5O. The van der Waals surface area contributed by atoms with Gasteiger partial charge in [0.1, 0.15) is 0 Å². The normalized spacial score (nSPS) is 10.9. The third kappa shape index (κ3) is 3.84. The summed E-state index contributed by atoms with van der Waals surface area (Å²) in [4.78, 5) is 4.52. The van der Waals surface area contributed by atoms with Crippen molar-refractivity contribution in [3.8, 4) is 0 Å². The molecule has 2 heterocycles. The molecule has 0 fully saturated rings. The van der Waals surface area contributed by atoms with Crippen LogP contribution >= 0.6 is 0 Å². The topological polar surface area (TPSA) is 56.9 Å². The number of aromatic nitrogens is 4. The van der Waals surface area contributed by atoms with Crippen molar-refractivity contribution in [2.24, 2.45) is 7.05 Å². The second-order valence-electron chi connectivity index (χ2n) is 4.75. The highest BCUT2D eigenvalue weighted by molar-refractivity contribution is 5.29. The number of ether oxygens (including phenoxy) is 1. The second kappa shape index (κ2) is 7.09. The van der Waals surface area contributed by atoms with Crippen LogP contribution in [-0.2, 0) is 24.9 Å². The number of imidazole rings is 1. The third-order valence-electron chi connectivity index (χ3n) is 3.14. The molecule has 0 saturated carbocycles. The highest BCUT2D eigenvalue weighted by atomic mass is 16.5. The van der Waals surface area contributed by atoms with E-state index in [4.69, 9.17) is 4.74 Å². The maximum absolute atomic E-state index is 5.37. The molecule has 0 spiro atoms. The molecule has 6 heteroatoms. The van der Waals surface area contributed by atoms with Crippen molar-refractivity contribution in [3.63, 3.8) is 0 Å². The molecule has 6 nitrogen and oxygen atoms in total. The van der Waals surface area contributed by atoms with Gasteiger partial charge in [-0.3, -0.25) is 4.68 Å². The lowest BCUT2D eigenvalue weighted by Gasteiger charge is -2.10. The van der Waals surface area contributed by atoms with Gasteiger partial charge in [0.05, 0.1) is 17.9 Å². The van der Waals surface area contributed by atoms with Gasteiger partial charge >= 0.3 is 0 Å². The van der Waals surface area contributed by atoms with Crippen molar-refractivity contribution in [1.29, 1.82) is 0 Å². The fourth-order valence-corrected chi connectivity index (χ4v) is 2.08. The molecule has 1 N–H and O–H groups in total.